The second-order valence-electron chi connectivity index (χ2n) is 7.10. The first-order chi connectivity index (χ1) is 13.7. The third kappa shape index (κ3) is 4.23. The van der Waals surface area contributed by atoms with Gasteiger partial charge < -0.3 is 5.32 Å². The molecule has 0 atom stereocenters. The molecule has 1 N–H and O–H groups in total. The van der Waals surface area contributed by atoms with Crippen LogP contribution in [0, 0.1) is 12.8 Å². The summed E-state index contributed by atoms with van der Waals surface area (Å²) in [6.07, 6.45) is 3.38. The average Bonchev–Trinajstić information content (AvgIpc) is 3.19. The minimum atomic E-state index is 0.00414. The molecule has 0 unspecified atom stereocenters. The minimum Gasteiger partial charge on any atom is -0.310 e. The van der Waals surface area contributed by atoms with Crippen molar-refractivity contribution in [1.29, 1.82) is 0 Å². The summed E-state index contributed by atoms with van der Waals surface area (Å²) in [5.74, 6) is 1.47. The lowest BCUT2D eigenvalue weighted by molar-refractivity contribution is -0.121. The van der Waals surface area contributed by atoms with Gasteiger partial charge in [0.1, 0.15) is 5.82 Å². The van der Waals surface area contributed by atoms with E-state index in [-0.39, 0.29) is 11.8 Å². The van der Waals surface area contributed by atoms with Crippen LogP contribution in [-0.2, 0) is 11.3 Å². The number of carbonyl (C=O) groups is 1. The van der Waals surface area contributed by atoms with E-state index in [2.05, 4.69) is 30.7 Å². The van der Waals surface area contributed by atoms with Gasteiger partial charge in [-0.15, -0.1) is 5.10 Å². The van der Waals surface area contributed by atoms with E-state index in [4.69, 9.17) is 0 Å². The Morgan fingerprint density at radius 3 is 2.64 bits per heavy atom. The highest BCUT2D eigenvalue weighted by Crippen LogP contribution is 2.20. The summed E-state index contributed by atoms with van der Waals surface area (Å²) < 4.78 is 1.77. The Morgan fingerprint density at radius 2 is 1.93 bits per heavy atom. The van der Waals surface area contributed by atoms with Crippen LogP contribution in [0.2, 0.25) is 0 Å². The number of benzene rings is 1. The molecule has 1 saturated heterocycles. The Hall–Kier alpha value is -3.13. The number of aryl methyl sites for hydroxylation is 1. The molecule has 0 spiro atoms. The molecule has 4 rings (SSSR count). The third-order valence-electron chi connectivity index (χ3n) is 5.02. The van der Waals surface area contributed by atoms with E-state index in [9.17, 15) is 4.79 Å². The zero-order valence-electron chi connectivity index (χ0n) is 15.8. The monoisotopic (exact) mass is 377 g/mol. The smallest absolute Gasteiger partial charge is 0.228 e. The SMILES string of the molecule is Cc1ccc(NC(=O)C2CCN(Cc3nnnn3-c3ccccc3)CC2)nc1. The number of para-hydroxylation sites is 1. The number of nitrogens with zero attached hydrogens (tertiary/aromatic N) is 6. The third-order valence-corrected chi connectivity index (χ3v) is 5.02. The van der Waals surface area contributed by atoms with Gasteiger partial charge in [-0.1, -0.05) is 24.3 Å². The molecule has 0 saturated carbocycles. The first kappa shape index (κ1) is 18.2. The number of anilines is 1. The van der Waals surface area contributed by atoms with Crippen molar-refractivity contribution in [3.63, 3.8) is 0 Å². The second kappa shape index (κ2) is 8.26. The van der Waals surface area contributed by atoms with Crippen molar-refractivity contribution >= 4 is 11.7 Å². The molecule has 0 radical (unpaired) electrons. The van der Waals surface area contributed by atoms with Gasteiger partial charge >= 0.3 is 0 Å². The number of likely N-dealkylation sites (tertiary alicyclic amines) is 1. The molecular formula is C20H23N7O. The Labute approximate surface area is 163 Å². The molecule has 28 heavy (non-hydrogen) atoms. The van der Waals surface area contributed by atoms with Gasteiger partial charge in [0.25, 0.3) is 0 Å². The van der Waals surface area contributed by atoms with Crippen molar-refractivity contribution in [3.8, 4) is 5.69 Å². The van der Waals surface area contributed by atoms with Crippen LogP contribution < -0.4 is 5.32 Å². The molecule has 1 aliphatic rings. The summed E-state index contributed by atoms with van der Waals surface area (Å²) >= 11 is 0. The molecule has 1 aromatic carbocycles. The van der Waals surface area contributed by atoms with Crippen LogP contribution in [0.15, 0.2) is 48.7 Å². The number of rotatable bonds is 5. The van der Waals surface area contributed by atoms with E-state index in [1.807, 2.05) is 49.4 Å². The quantitative estimate of drug-likeness (QED) is 0.733. The molecule has 3 aromatic rings. The molecule has 144 valence electrons. The maximum absolute atomic E-state index is 12.5. The van der Waals surface area contributed by atoms with Gasteiger partial charge in [0.2, 0.25) is 5.91 Å². The Bertz CT molecular complexity index is 915. The number of carbonyl (C=O) groups excluding carboxylic acids is 1. The van der Waals surface area contributed by atoms with Crippen LogP contribution in [0.4, 0.5) is 5.82 Å². The molecule has 0 bridgehead atoms. The lowest BCUT2D eigenvalue weighted by atomic mass is 9.96. The van der Waals surface area contributed by atoms with Gasteiger partial charge in [-0.2, -0.15) is 4.68 Å². The van der Waals surface area contributed by atoms with Crippen LogP contribution in [0.3, 0.4) is 0 Å². The van der Waals surface area contributed by atoms with E-state index in [1.165, 1.54) is 0 Å². The van der Waals surface area contributed by atoms with Crippen molar-refractivity contribution in [2.24, 2.45) is 5.92 Å². The summed E-state index contributed by atoms with van der Waals surface area (Å²) in [5, 5.41) is 15.0. The highest BCUT2D eigenvalue weighted by Gasteiger charge is 2.26. The molecular weight excluding hydrogens is 354 g/mol. The van der Waals surface area contributed by atoms with Crippen LogP contribution >= 0.6 is 0 Å². The van der Waals surface area contributed by atoms with Crippen molar-refractivity contribution in [1.82, 2.24) is 30.1 Å². The first-order valence-electron chi connectivity index (χ1n) is 9.47. The van der Waals surface area contributed by atoms with E-state index in [1.54, 1.807) is 10.9 Å². The topological polar surface area (TPSA) is 88.8 Å². The normalized spacial score (nSPS) is 15.5. The van der Waals surface area contributed by atoms with E-state index in [0.29, 0.717) is 12.4 Å². The fraction of sp³-hybridized carbons (Fsp3) is 0.350. The van der Waals surface area contributed by atoms with Crippen LogP contribution in [-0.4, -0.2) is 49.1 Å². The number of amides is 1. The Morgan fingerprint density at radius 1 is 1.14 bits per heavy atom. The van der Waals surface area contributed by atoms with Crippen LogP contribution in [0.1, 0.15) is 24.2 Å². The first-order valence-corrected chi connectivity index (χ1v) is 9.47. The van der Waals surface area contributed by atoms with Crippen molar-refractivity contribution in [3.05, 3.63) is 60.0 Å². The predicted octanol–water partition coefficient (Wildman–Crippen LogP) is 2.22. The zero-order chi connectivity index (χ0) is 19.3. The zero-order valence-corrected chi connectivity index (χ0v) is 15.8. The molecule has 8 nitrogen and oxygen atoms in total. The largest absolute Gasteiger partial charge is 0.310 e. The summed E-state index contributed by atoms with van der Waals surface area (Å²) in [6, 6.07) is 13.6. The fourth-order valence-electron chi connectivity index (χ4n) is 3.40. The van der Waals surface area contributed by atoms with E-state index in [0.717, 1.165) is 43.0 Å². The Balaban J connectivity index is 1.32. The summed E-state index contributed by atoms with van der Waals surface area (Å²) in [5.41, 5.74) is 2.02. The highest BCUT2D eigenvalue weighted by atomic mass is 16.1. The van der Waals surface area contributed by atoms with Gasteiger partial charge in [-0.25, -0.2) is 4.98 Å². The van der Waals surface area contributed by atoms with E-state index < -0.39 is 0 Å². The van der Waals surface area contributed by atoms with Gasteiger partial charge in [0.15, 0.2) is 5.82 Å². The minimum absolute atomic E-state index is 0.00414. The van der Waals surface area contributed by atoms with E-state index >= 15 is 0 Å². The molecule has 1 aliphatic heterocycles. The lowest BCUT2D eigenvalue weighted by Gasteiger charge is -2.30. The van der Waals surface area contributed by atoms with Gasteiger partial charge in [0.05, 0.1) is 12.2 Å². The molecule has 0 aliphatic carbocycles. The number of nitrogens with one attached hydrogen (secondary N) is 1. The van der Waals surface area contributed by atoms with Gasteiger partial charge in [-0.05, 0) is 67.0 Å². The number of hydrogen-bond acceptors (Lipinski definition) is 6. The second-order valence-corrected chi connectivity index (χ2v) is 7.10. The number of tetrazole rings is 1. The summed E-state index contributed by atoms with van der Waals surface area (Å²) in [4.78, 5) is 19.0. The summed E-state index contributed by atoms with van der Waals surface area (Å²) in [6.45, 7) is 4.31. The highest BCUT2D eigenvalue weighted by molar-refractivity contribution is 5.91. The van der Waals surface area contributed by atoms with Crippen molar-refractivity contribution in [2.75, 3.05) is 18.4 Å². The standard InChI is InChI=1S/C20H23N7O/c1-15-7-8-18(21-13-15)22-20(28)16-9-11-26(12-10-16)14-19-23-24-25-27(19)17-5-3-2-4-6-17/h2-8,13,16H,9-12,14H2,1H3,(H,21,22,28). The van der Waals surface area contributed by atoms with Crippen molar-refractivity contribution < 1.29 is 4.79 Å². The summed E-state index contributed by atoms with van der Waals surface area (Å²) in [7, 11) is 0. The number of hydrogen-bond donors (Lipinski definition) is 1. The van der Waals surface area contributed by atoms with Crippen LogP contribution in [0.5, 0.6) is 0 Å². The van der Waals surface area contributed by atoms with Gasteiger partial charge in [-0.3, -0.25) is 9.69 Å². The molecule has 2 aromatic heterocycles. The number of aromatic nitrogens is 5. The number of piperidine rings is 1. The maximum atomic E-state index is 12.5. The predicted molar refractivity (Wildman–Crippen MR) is 105 cm³/mol. The molecule has 1 fully saturated rings. The average molecular weight is 377 g/mol. The Kier molecular flexibility index (Phi) is 5.38. The molecule has 3 heterocycles. The fourth-order valence-corrected chi connectivity index (χ4v) is 3.40. The van der Waals surface area contributed by atoms with Gasteiger partial charge in [0, 0.05) is 12.1 Å². The number of pyridine rings is 1. The molecule has 8 heteroatoms. The van der Waals surface area contributed by atoms with Crippen LogP contribution in [0.25, 0.3) is 5.69 Å². The van der Waals surface area contributed by atoms with Crippen molar-refractivity contribution in [2.45, 2.75) is 26.3 Å². The maximum Gasteiger partial charge on any atom is 0.228 e. The lowest BCUT2D eigenvalue weighted by Crippen LogP contribution is -2.38. The molecule has 1 amide bonds.